The van der Waals surface area contributed by atoms with E-state index in [0.717, 1.165) is 5.56 Å². The van der Waals surface area contributed by atoms with Crippen molar-refractivity contribution in [2.75, 3.05) is 79.2 Å². The van der Waals surface area contributed by atoms with Gasteiger partial charge in [0, 0.05) is 18.0 Å². The monoisotopic (exact) mass is 440 g/mol. The minimum Gasteiger partial charge on any atom is -0.445 e. The summed E-state index contributed by atoms with van der Waals surface area (Å²) in [4.78, 5) is 14.2. The molecule has 1 aromatic carbocycles. The number of nitrogens with zero attached hydrogens (tertiary/aromatic N) is 3. The first kappa shape index (κ1) is 26.6. The Morgan fingerprint density at radius 2 is 1.32 bits per heavy atom. The van der Waals surface area contributed by atoms with E-state index in [1.165, 1.54) is 0 Å². The Kier molecular flexibility index (Phi) is 17.9. The minimum absolute atomic E-state index is 0.240. The zero-order valence-corrected chi connectivity index (χ0v) is 17.8. The molecule has 0 fully saturated rings. The van der Waals surface area contributed by atoms with Gasteiger partial charge in [-0.3, -0.25) is 0 Å². The predicted molar refractivity (Wildman–Crippen MR) is 113 cm³/mol. The number of carbonyl (C=O) groups excluding carboxylic acids is 1. The lowest BCUT2D eigenvalue weighted by atomic mass is 10.2. The van der Waals surface area contributed by atoms with Crippen LogP contribution in [0.15, 0.2) is 35.4 Å². The van der Waals surface area contributed by atoms with Gasteiger partial charge in [0.2, 0.25) is 0 Å². The number of ether oxygens (including phenoxy) is 6. The number of carbonyl (C=O) groups is 1. The van der Waals surface area contributed by atoms with Crippen molar-refractivity contribution in [1.82, 2.24) is 5.32 Å². The number of benzene rings is 1. The van der Waals surface area contributed by atoms with Crippen LogP contribution in [0.5, 0.6) is 0 Å². The predicted octanol–water partition coefficient (Wildman–Crippen LogP) is 2.31. The molecule has 11 heteroatoms. The lowest BCUT2D eigenvalue weighted by molar-refractivity contribution is -0.0103. The van der Waals surface area contributed by atoms with Crippen molar-refractivity contribution in [2.45, 2.75) is 6.61 Å². The van der Waals surface area contributed by atoms with E-state index >= 15 is 0 Å². The molecule has 0 bridgehead atoms. The van der Waals surface area contributed by atoms with E-state index in [9.17, 15) is 4.79 Å². The van der Waals surface area contributed by atoms with Gasteiger partial charge in [-0.25, -0.2) is 4.79 Å². The number of amides is 1. The van der Waals surface area contributed by atoms with Crippen LogP contribution in [0.1, 0.15) is 5.56 Å². The quantitative estimate of drug-likeness (QED) is 0.142. The molecule has 174 valence electrons. The standard InChI is InChI=1S/C20H32N4O7/c21-24-23-7-9-27-11-13-29-15-17-30-16-14-28-12-10-26-8-6-22-20(25)31-18-19-4-2-1-3-5-19/h1-5H,6-18H2,(H,22,25). The van der Waals surface area contributed by atoms with E-state index in [4.69, 9.17) is 34.0 Å². The van der Waals surface area contributed by atoms with Crippen LogP contribution in [0.4, 0.5) is 4.79 Å². The van der Waals surface area contributed by atoms with Crippen LogP contribution in [-0.4, -0.2) is 85.3 Å². The van der Waals surface area contributed by atoms with Gasteiger partial charge in [-0.2, -0.15) is 0 Å². The highest BCUT2D eigenvalue weighted by atomic mass is 16.6. The van der Waals surface area contributed by atoms with Crippen molar-refractivity contribution in [3.05, 3.63) is 46.3 Å². The molecule has 0 aliphatic rings. The summed E-state index contributed by atoms with van der Waals surface area (Å²) in [5, 5.41) is 5.98. The van der Waals surface area contributed by atoms with Crippen molar-refractivity contribution in [3.8, 4) is 0 Å². The first-order valence-corrected chi connectivity index (χ1v) is 10.2. The molecule has 1 aromatic rings. The van der Waals surface area contributed by atoms with Gasteiger partial charge in [0.1, 0.15) is 6.61 Å². The highest BCUT2D eigenvalue weighted by molar-refractivity contribution is 5.67. The largest absolute Gasteiger partial charge is 0.445 e. The molecule has 1 amide bonds. The number of azide groups is 1. The molecule has 0 unspecified atom stereocenters. The van der Waals surface area contributed by atoms with Gasteiger partial charge in [0.25, 0.3) is 0 Å². The van der Waals surface area contributed by atoms with E-state index in [2.05, 4.69) is 15.3 Å². The van der Waals surface area contributed by atoms with E-state index in [0.29, 0.717) is 79.2 Å². The topological polar surface area (TPSA) is 133 Å². The van der Waals surface area contributed by atoms with E-state index in [-0.39, 0.29) is 6.61 Å². The molecule has 0 aliphatic heterocycles. The van der Waals surface area contributed by atoms with Gasteiger partial charge in [-0.15, -0.1) is 0 Å². The first-order chi connectivity index (χ1) is 15.3. The maximum absolute atomic E-state index is 11.5. The summed E-state index contributed by atoms with van der Waals surface area (Å²) in [6, 6.07) is 9.48. The average molecular weight is 440 g/mol. The van der Waals surface area contributed by atoms with Crippen molar-refractivity contribution in [2.24, 2.45) is 5.11 Å². The lowest BCUT2D eigenvalue weighted by Gasteiger charge is -2.09. The third kappa shape index (κ3) is 18.1. The molecule has 0 heterocycles. The summed E-state index contributed by atoms with van der Waals surface area (Å²) in [6.45, 7) is 5.41. The van der Waals surface area contributed by atoms with Crippen LogP contribution < -0.4 is 5.32 Å². The summed E-state index contributed by atoms with van der Waals surface area (Å²) in [5.41, 5.74) is 9.03. The number of hydrogen-bond donors (Lipinski definition) is 1. The second kappa shape index (κ2) is 20.9. The first-order valence-electron chi connectivity index (χ1n) is 10.2. The molecule has 0 aliphatic carbocycles. The number of rotatable bonds is 20. The molecule has 1 N–H and O–H groups in total. The van der Waals surface area contributed by atoms with Gasteiger partial charge in [-0.05, 0) is 11.1 Å². The normalized spacial score (nSPS) is 10.5. The fourth-order valence-corrected chi connectivity index (χ4v) is 2.13. The number of nitrogens with one attached hydrogen (secondary N) is 1. The average Bonchev–Trinajstić information content (AvgIpc) is 2.80. The molecule has 0 radical (unpaired) electrons. The van der Waals surface area contributed by atoms with Crippen molar-refractivity contribution < 1.29 is 33.2 Å². The number of hydrogen-bond acceptors (Lipinski definition) is 8. The van der Waals surface area contributed by atoms with Crippen molar-refractivity contribution in [3.63, 3.8) is 0 Å². The minimum atomic E-state index is -0.470. The SMILES string of the molecule is [N-]=[N+]=NCCOCCOCCOCCOCCOCCNC(=O)OCc1ccccc1. The highest BCUT2D eigenvalue weighted by Gasteiger charge is 2.01. The Morgan fingerprint density at radius 3 is 1.87 bits per heavy atom. The third-order valence-corrected chi connectivity index (χ3v) is 3.62. The molecule has 11 nitrogen and oxygen atoms in total. The number of alkyl carbamates (subject to hydrolysis) is 1. The summed E-state index contributed by atoms with van der Waals surface area (Å²) < 4.78 is 31.7. The lowest BCUT2D eigenvalue weighted by Crippen LogP contribution is -2.28. The van der Waals surface area contributed by atoms with Crippen LogP contribution in [0, 0.1) is 0 Å². The van der Waals surface area contributed by atoms with E-state index < -0.39 is 6.09 Å². The van der Waals surface area contributed by atoms with Crippen molar-refractivity contribution >= 4 is 6.09 Å². The zero-order valence-electron chi connectivity index (χ0n) is 17.8. The van der Waals surface area contributed by atoms with Crippen LogP contribution >= 0.6 is 0 Å². The van der Waals surface area contributed by atoms with Crippen LogP contribution in [0.3, 0.4) is 0 Å². The van der Waals surface area contributed by atoms with Gasteiger partial charge in [0.15, 0.2) is 0 Å². The van der Waals surface area contributed by atoms with Crippen LogP contribution in [0.2, 0.25) is 0 Å². The second-order valence-corrected chi connectivity index (χ2v) is 6.00. The molecule has 0 aromatic heterocycles. The summed E-state index contributed by atoms with van der Waals surface area (Å²) in [5.74, 6) is 0. The van der Waals surface area contributed by atoms with Crippen LogP contribution in [-0.2, 0) is 35.0 Å². The Bertz CT molecular complexity index is 600. The fourth-order valence-electron chi connectivity index (χ4n) is 2.13. The Morgan fingerprint density at radius 1 is 0.806 bits per heavy atom. The van der Waals surface area contributed by atoms with E-state index in [1.807, 2.05) is 30.3 Å². The molecule has 0 saturated carbocycles. The Labute approximate surface area is 182 Å². The maximum Gasteiger partial charge on any atom is 0.407 e. The Balaban J connectivity index is 1.73. The fraction of sp³-hybridized carbons (Fsp3) is 0.650. The molecule has 0 saturated heterocycles. The van der Waals surface area contributed by atoms with Gasteiger partial charge < -0.3 is 33.7 Å². The van der Waals surface area contributed by atoms with Gasteiger partial charge >= 0.3 is 6.09 Å². The summed E-state index contributed by atoms with van der Waals surface area (Å²) in [7, 11) is 0. The van der Waals surface area contributed by atoms with Crippen molar-refractivity contribution in [1.29, 1.82) is 0 Å². The second-order valence-electron chi connectivity index (χ2n) is 6.00. The summed E-state index contributed by atoms with van der Waals surface area (Å²) >= 11 is 0. The molecule has 0 spiro atoms. The maximum atomic E-state index is 11.5. The summed E-state index contributed by atoms with van der Waals surface area (Å²) in [6.07, 6.45) is -0.470. The third-order valence-electron chi connectivity index (χ3n) is 3.62. The van der Waals surface area contributed by atoms with Crippen LogP contribution in [0.25, 0.3) is 10.4 Å². The molecule has 31 heavy (non-hydrogen) atoms. The molecular weight excluding hydrogens is 408 g/mol. The molecule has 1 rings (SSSR count). The molecule has 0 atom stereocenters. The highest BCUT2D eigenvalue weighted by Crippen LogP contribution is 2.00. The zero-order chi connectivity index (χ0) is 22.2. The van der Waals surface area contributed by atoms with E-state index in [1.54, 1.807) is 0 Å². The smallest absolute Gasteiger partial charge is 0.407 e. The Hall–Kier alpha value is -2.40. The molecular formula is C20H32N4O7. The van der Waals surface area contributed by atoms with Gasteiger partial charge in [0.05, 0.1) is 66.1 Å². The van der Waals surface area contributed by atoms with Gasteiger partial charge in [-0.1, -0.05) is 35.4 Å².